The van der Waals surface area contributed by atoms with Gasteiger partial charge in [0.1, 0.15) is 5.75 Å². The van der Waals surface area contributed by atoms with Crippen molar-refractivity contribution in [2.45, 2.75) is 10.9 Å². The Kier molecular flexibility index (Phi) is 7.13. The Hall–Kier alpha value is -3.76. The van der Waals surface area contributed by atoms with Crippen LogP contribution in [-0.2, 0) is 10.0 Å². The Bertz CT molecular complexity index is 1310. The molecular weight excluding hydrogens is 470 g/mol. The zero-order valence-corrected chi connectivity index (χ0v) is 20.5. The van der Waals surface area contributed by atoms with Crippen LogP contribution in [0.15, 0.2) is 71.6 Å². The molecule has 1 aliphatic rings. The van der Waals surface area contributed by atoms with E-state index in [-0.39, 0.29) is 29.2 Å². The van der Waals surface area contributed by atoms with Gasteiger partial charge in [0.15, 0.2) is 11.5 Å². The molecule has 0 fully saturated rings. The molecule has 0 radical (unpaired) electrons. The van der Waals surface area contributed by atoms with E-state index in [0.29, 0.717) is 23.7 Å². The van der Waals surface area contributed by atoms with E-state index in [4.69, 9.17) is 14.2 Å². The van der Waals surface area contributed by atoms with Crippen molar-refractivity contribution in [2.24, 2.45) is 0 Å². The van der Waals surface area contributed by atoms with E-state index in [1.165, 1.54) is 18.2 Å². The molecular formula is C25H27N3O6S. The van der Waals surface area contributed by atoms with E-state index in [1.54, 1.807) is 31.4 Å². The molecule has 1 heterocycles. The molecule has 0 aromatic heterocycles. The van der Waals surface area contributed by atoms with E-state index in [9.17, 15) is 13.2 Å². The van der Waals surface area contributed by atoms with Crippen molar-refractivity contribution in [1.82, 2.24) is 10.2 Å². The summed E-state index contributed by atoms with van der Waals surface area (Å²) < 4.78 is 44.1. The molecule has 1 atom stereocenters. The molecule has 35 heavy (non-hydrogen) atoms. The number of hydrogen-bond donors (Lipinski definition) is 2. The van der Waals surface area contributed by atoms with Crippen LogP contribution in [-0.4, -0.2) is 53.8 Å². The molecule has 1 amide bonds. The van der Waals surface area contributed by atoms with Crippen LogP contribution in [0.5, 0.6) is 17.2 Å². The number of ether oxygens (including phenoxy) is 3. The predicted molar refractivity (Wildman–Crippen MR) is 132 cm³/mol. The quantitative estimate of drug-likeness (QED) is 0.467. The van der Waals surface area contributed by atoms with Gasteiger partial charge in [0, 0.05) is 18.2 Å². The van der Waals surface area contributed by atoms with Crippen molar-refractivity contribution >= 4 is 21.6 Å². The number of methoxy groups -OCH3 is 1. The molecule has 3 aromatic rings. The molecule has 0 spiro atoms. The SMILES string of the molecule is COc1ccc([C@@H](CNC(=O)c2cccc(S(=O)(=O)Nc3ccc4c(c3)OCO4)c2)N(C)C)cc1. The number of rotatable bonds is 9. The highest BCUT2D eigenvalue weighted by Crippen LogP contribution is 2.34. The van der Waals surface area contributed by atoms with Crippen molar-refractivity contribution in [3.8, 4) is 17.2 Å². The minimum Gasteiger partial charge on any atom is -0.497 e. The number of likely N-dealkylation sites (N-methyl/N-ethyl adjacent to an activating group) is 1. The zero-order chi connectivity index (χ0) is 25.0. The van der Waals surface area contributed by atoms with Crippen molar-refractivity contribution in [3.05, 3.63) is 77.9 Å². The fraction of sp³-hybridized carbons (Fsp3) is 0.240. The van der Waals surface area contributed by atoms with Crippen LogP contribution in [0.2, 0.25) is 0 Å². The van der Waals surface area contributed by atoms with Crippen LogP contribution < -0.4 is 24.2 Å². The summed E-state index contributed by atoms with van der Waals surface area (Å²) >= 11 is 0. The Morgan fingerprint density at radius 2 is 1.77 bits per heavy atom. The van der Waals surface area contributed by atoms with Gasteiger partial charge in [0.25, 0.3) is 15.9 Å². The van der Waals surface area contributed by atoms with Crippen molar-refractivity contribution in [1.29, 1.82) is 0 Å². The van der Waals surface area contributed by atoms with Crippen molar-refractivity contribution < 1.29 is 27.4 Å². The van der Waals surface area contributed by atoms with Gasteiger partial charge in [-0.05, 0) is 62.1 Å². The molecule has 10 heteroatoms. The highest BCUT2D eigenvalue weighted by molar-refractivity contribution is 7.92. The Morgan fingerprint density at radius 1 is 1.03 bits per heavy atom. The summed E-state index contributed by atoms with van der Waals surface area (Å²) in [6.07, 6.45) is 0. The van der Waals surface area contributed by atoms with Gasteiger partial charge in [-0.2, -0.15) is 0 Å². The van der Waals surface area contributed by atoms with Crippen LogP contribution in [0.4, 0.5) is 5.69 Å². The van der Waals surface area contributed by atoms with Gasteiger partial charge in [-0.1, -0.05) is 18.2 Å². The summed E-state index contributed by atoms with van der Waals surface area (Å²) in [5, 5.41) is 2.91. The summed E-state index contributed by atoms with van der Waals surface area (Å²) in [6.45, 7) is 0.431. The minimum atomic E-state index is -3.93. The molecule has 0 aliphatic carbocycles. The third kappa shape index (κ3) is 5.67. The molecule has 0 bridgehead atoms. The van der Waals surface area contributed by atoms with Crippen LogP contribution in [0, 0.1) is 0 Å². The first-order valence-electron chi connectivity index (χ1n) is 10.9. The van der Waals surface area contributed by atoms with E-state index in [2.05, 4.69) is 10.0 Å². The Balaban J connectivity index is 1.45. The first-order valence-corrected chi connectivity index (χ1v) is 12.4. The zero-order valence-electron chi connectivity index (χ0n) is 19.6. The number of fused-ring (bicyclic) bond motifs is 1. The highest BCUT2D eigenvalue weighted by Gasteiger charge is 2.20. The second-order valence-electron chi connectivity index (χ2n) is 8.16. The second kappa shape index (κ2) is 10.2. The summed E-state index contributed by atoms with van der Waals surface area (Å²) in [4.78, 5) is 14.8. The summed E-state index contributed by atoms with van der Waals surface area (Å²) in [6, 6.07) is 18.2. The van der Waals surface area contributed by atoms with Gasteiger partial charge in [-0.3, -0.25) is 9.52 Å². The predicted octanol–water partition coefficient (Wildman–Crippen LogP) is 3.26. The maximum atomic E-state index is 12.9. The molecule has 0 saturated heterocycles. The molecule has 184 valence electrons. The second-order valence-corrected chi connectivity index (χ2v) is 9.85. The van der Waals surface area contributed by atoms with Gasteiger partial charge in [-0.25, -0.2) is 8.42 Å². The van der Waals surface area contributed by atoms with E-state index in [1.807, 2.05) is 43.3 Å². The molecule has 4 rings (SSSR count). The number of anilines is 1. The smallest absolute Gasteiger partial charge is 0.261 e. The maximum Gasteiger partial charge on any atom is 0.261 e. The normalized spacial score (nSPS) is 13.4. The molecule has 3 aromatic carbocycles. The van der Waals surface area contributed by atoms with Gasteiger partial charge in [-0.15, -0.1) is 0 Å². The van der Waals surface area contributed by atoms with Crippen LogP contribution >= 0.6 is 0 Å². The minimum absolute atomic E-state index is 0.0258. The number of sulfonamides is 1. The number of amides is 1. The molecule has 2 N–H and O–H groups in total. The third-order valence-corrected chi connectivity index (χ3v) is 6.99. The van der Waals surface area contributed by atoms with Gasteiger partial charge in [0.05, 0.1) is 23.7 Å². The number of carbonyl (C=O) groups excluding carboxylic acids is 1. The lowest BCUT2D eigenvalue weighted by Gasteiger charge is -2.25. The topological polar surface area (TPSA) is 106 Å². The molecule has 0 saturated carbocycles. The third-order valence-electron chi connectivity index (χ3n) is 5.61. The molecule has 1 aliphatic heterocycles. The fourth-order valence-corrected chi connectivity index (χ4v) is 4.79. The maximum absolute atomic E-state index is 12.9. The average Bonchev–Trinajstić information content (AvgIpc) is 3.32. The van der Waals surface area contributed by atoms with Crippen molar-refractivity contribution in [3.63, 3.8) is 0 Å². The summed E-state index contributed by atoms with van der Waals surface area (Å²) in [7, 11) is 1.53. The van der Waals surface area contributed by atoms with Crippen LogP contribution in [0.25, 0.3) is 0 Å². The number of nitrogens with zero attached hydrogens (tertiary/aromatic N) is 1. The van der Waals surface area contributed by atoms with Crippen LogP contribution in [0.3, 0.4) is 0 Å². The largest absolute Gasteiger partial charge is 0.497 e. The van der Waals surface area contributed by atoms with Crippen LogP contribution in [0.1, 0.15) is 22.0 Å². The lowest BCUT2D eigenvalue weighted by atomic mass is 10.1. The van der Waals surface area contributed by atoms with E-state index < -0.39 is 10.0 Å². The summed E-state index contributed by atoms with van der Waals surface area (Å²) in [5.74, 6) is 1.40. The number of nitrogens with one attached hydrogen (secondary N) is 2. The highest BCUT2D eigenvalue weighted by atomic mass is 32.2. The van der Waals surface area contributed by atoms with E-state index >= 15 is 0 Å². The lowest BCUT2D eigenvalue weighted by Crippen LogP contribution is -2.34. The molecule has 9 nitrogen and oxygen atoms in total. The number of benzene rings is 3. The summed E-state index contributed by atoms with van der Waals surface area (Å²) in [5.41, 5.74) is 1.59. The first-order chi connectivity index (χ1) is 16.8. The number of carbonyl (C=O) groups is 1. The van der Waals surface area contributed by atoms with Gasteiger partial charge < -0.3 is 24.4 Å². The van der Waals surface area contributed by atoms with Crippen molar-refractivity contribution in [2.75, 3.05) is 39.3 Å². The Labute approximate surface area is 204 Å². The van der Waals surface area contributed by atoms with Gasteiger partial charge >= 0.3 is 0 Å². The standard InChI is InChI=1S/C25H27N3O6S/c1-28(2)22(17-7-10-20(32-3)11-8-17)15-26-25(29)18-5-4-6-21(13-18)35(30,31)27-19-9-12-23-24(14-19)34-16-33-23/h4-14,22,27H,15-16H2,1-3H3,(H,26,29)/t22-/m1/s1. The first kappa shape index (κ1) is 24.4. The lowest BCUT2D eigenvalue weighted by molar-refractivity contribution is 0.0941. The van der Waals surface area contributed by atoms with Gasteiger partial charge in [0.2, 0.25) is 6.79 Å². The average molecular weight is 498 g/mol. The monoisotopic (exact) mass is 497 g/mol. The molecule has 0 unspecified atom stereocenters. The Morgan fingerprint density at radius 3 is 2.49 bits per heavy atom. The van der Waals surface area contributed by atoms with E-state index in [0.717, 1.165) is 11.3 Å². The fourth-order valence-electron chi connectivity index (χ4n) is 3.69. The number of hydrogen-bond acceptors (Lipinski definition) is 7.